The van der Waals surface area contributed by atoms with Gasteiger partial charge in [-0.05, 0) is 55.2 Å². The van der Waals surface area contributed by atoms with Crippen LogP contribution in [-0.2, 0) is 10.0 Å². The predicted octanol–water partition coefficient (Wildman–Crippen LogP) is 2.94. The third kappa shape index (κ3) is 4.12. The molecule has 0 bridgehead atoms. The largest absolute Gasteiger partial charge is 0.320 e. The normalized spacial score (nSPS) is 15.8. The molecule has 30 heavy (non-hydrogen) atoms. The van der Waals surface area contributed by atoms with Crippen LogP contribution in [0.2, 0.25) is 0 Å². The second-order valence-corrected chi connectivity index (χ2v) is 9.37. The molecule has 0 aliphatic carbocycles. The van der Waals surface area contributed by atoms with Gasteiger partial charge in [-0.3, -0.25) is 4.79 Å². The van der Waals surface area contributed by atoms with Gasteiger partial charge >= 0.3 is 0 Å². The van der Waals surface area contributed by atoms with E-state index in [4.69, 9.17) is 0 Å². The van der Waals surface area contributed by atoms with Gasteiger partial charge < -0.3 is 5.32 Å². The Morgan fingerprint density at radius 3 is 2.43 bits per heavy atom. The van der Waals surface area contributed by atoms with E-state index in [1.807, 2.05) is 18.2 Å². The summed E-state index contributed by atoms with van der Waals surface area (Å²) in [5.41, 5.74) is 1.63. The number of hydrogen-bond donors (Lipinski definition) is 1. The molecule has 4 rings (SSSR count). The average Bonchev–Trinajstić information content (AvgIpc) is 3.29. The van der Waals surface area contributed by atoms with Gasteiger partial charge in [0.1, 0.15) is 0 Å². The molecule has 1 fully saturated rings. The average molecular weight is 426 g/mol. The highest BCUT2D eigenvalue weighted by Gasteiger charge is 2.28. The number of rotatable bonds is 5. The summed E-state index contributed by atoms with van der Waals surface area (Å²) in [5.74, 6) is 0.209. The Morgan fingerprint density at radius 2 is 1.77 bits per heavy atom. The third-order valence-electron chi connectivity index (χ3n) is 5.32. The molecule has 3 aromatic rings. The van der Waals surface area contributed by atoms with Crippen LogP contribution in [0.25, 0.3) is 5.69 Å². The molecule has 0 unspecified atom stereocenters. The molecule has 1 N–H and O–H groups in total. The minimum atomic E-state index is -3.54. The summed E-state index contributed by atoms with van der Waals surface area (Å²) >= 11 is 0. The van der Waals surface area contributed by atoms with Crippen LogP contribution in [0.5, 0.6) is 0 Å². The van der Waals surface area contributed by atoms with Crippen LogP contribution >= 0.6 is 0 Å². The Labute approximate surface area is 175 Å². The van der Waals surface area contributed by atoms with Gasteiger partial charge in [-0.2, -0.15) is 4.31 Å². The molecule has 0 saturated carbocycles. The second-order valence-electron chi connectivity index (χ2n) is 7.43. The first-order chi connectivity index (χ1) is 14.4. The summed E-state index contributed by atoms with van der Waals surface area (Å²) in [7, 11) is -3.54. The van der Waals surface area contributed by atoms with E-state index in [2.05, 4.69) is 22.6 Å². The lowest BCUT2D eigenvalue weighted by Crippen LogP contribution is -2.37. The molecule has 2 aromatic carbocycles. The zero-order valence-electron chi connectivity index (χ0n) is 16.6. The van der Waals surface area contributed by atoms with Crippen LogP contribution < -0.4 is 5.32 Å². The van der Waals surface area contributed by atoms with Gasteiger partial charge in [0.2, 0.25) is 10.0 Å². The number of carbonyl (C=O) groups excluding carboxylic acids is 1. The smallest absolute Gasteiger partial charge is 0.255 e. The summed E-state index contributed by atoms with van der Waals surface area (Å²) in [4.78, 5) is 12.9. The van der Waals surface area contributed by atoms with Crippen LogP contribution in [0.15, 0.2) is 65.8 Å². The maximum atomic E-state index is 12.9. The van der Waals surface area contributed by atoms with E-state index < -0.39 is 10.0 Å². The number of para-hydroxylation sites is 2. The van der Waals surface area contributed by atoms with E-state index in [9.17, 15) is 13.2 Å². The number of aromatic nitrogens is 3. The number of anilines is 1. The number of sulfonamides is 1. The third-order valence-corrected chi connectivity index (χ3v) is 7.23. The van der Waals surface area contributed by atoms with E-state index in [0.717, 1.165) is 12.8 Å². The molecular formula is C21H23N5O3S. The summed E-state index contributed by atoms with van der Waals surface area (Å²) in [6, 6.07) is 13.3. The van der Waals surface area contributed by atoms with E-state index >= 15 is 0 Å². The summed E-state index contributed by atoms with van der Waals surface area (Å²) in [5, 5.41) is 10.6. The highest BCUT2D eigenvalue weighted by molar-refractivity contribution is 7.89. The van der Waals surface area contributed by atoms with Gasteiger partial charge in [-0.15, -0.1) is 5.10 Å². The number of benzene rings is 2. The van der Waals surface area contributed by atoms with Crippen LogP contribution in [0.3, 0.4) is 0 Å². The van der Waals surface area contributed by atoms with E-state index in [1.165, 1.54) is 28.6 Å². The van der Waals surface area contributed by atoms with Crippen molar-refractivity contribution < 1.29 is 13.2 Å². The first-order valence-corrected chi connectivity index (χ1v) is 11.3. The molecule has 0 radical (unpaired) electrons. The van der Waals surface area contributed by atoms with Crippen LogP contribution in [0.4, 0.5) is 5.69 Å². The number of carbonyl (C=O) groups is 1. The highest BCUT2D eigenvalue weighted by atomic mass is 32.2. The van der Waals surface area contributed by atoms with Crippen molar-refractivity contribution in [3.05, 3.63) is 66.5 Å². The lowest BCUT2D eigenvalue weighted by atomic mass is 10.0. The Bertz CT molecular complexity index is 1120. The molecule has 0 spiro atoms. The first-order valence-electron chi connectivity index (χ1n) is 9.82. The fourth-order valence-electron chi connectivity index (χ4n) is 3.46. The van der Waals surface area contributed by atoms with Crippen molar-refractivity contribution in [3.63, 3.8) is 0 Å². The van der Waals surface area contributed by atoms with Crippen molar-refractivity contribution >= 4 is 21.6 Å². The summed E-state index contributed by atoms with van der Waals surface area (Å²) in [6.45, 7) is 3.20. The fourth-order valence-corrected chi connectivity index (χ4v) is 4.93. The molecular weight excluding hydrogens is 402 g/mol. The quantitative estimate of drug-likeness (QED) is 0.678. The number of amides is 1. The summed E-state index contributed by atoms with van der Waals surface area (Å²) in [6.07, 6.45) is 4.97. The molecule has 2 heterocycles. The maximum absolute atomic E-state index is 12.9. The zero-order chi connectivity index (χ0) is 21.1. The first kappa shape index (κ1) is 20.2. The van der Waals surface area contributed by atoms with Gasteiger partial charge in [0.15, 0.2) is 0 Å². The van der Waals surface area contributed by atoms with Gasteiger partial charge in [0, 0.05) is 18.7 Å². The van der Waals surface area contributed by atoms with Crippen molar-refractivity contribution in [1.82, 2.24) is 19.3 Å². The molecule has 1 saturated heterocycles. The molecule has 1 aliphatic heterocycles. The van der Waals surface area contributed by atoms with Crippen LogP contribution in [0.1, 0.15) is 30.1 Å². The lowest BCUT2D eigenvalue weighted by Gasteiger charge is -2.29. The SMILES string of the molecule is CC1CCN(S(=O)(=O)c2ccc(C(=O)Nc3ccccc3-n3ccnn3)cc2)CC1. The number of hydrogen-bond acceptors (Lipinski definition) is 5. The van der Waals surface area contributed by atoms with Crippen molar-refractivity contribution in [3.8, 4) is 5.69 Å². The fraction of sp³-hybridized carbons (Fsp3) is 0.286. The minimum Gasteiger partial charge on any atom is -0.320 e. The standard InChI is InChI=1S/C21H23N5O3S/c1-16-10-13-25(14-11-16)30(28,29)18-8-6-17(7-9-18)21(27)23-19-4-2-3-5-20(19)26-15-12-22-24-26/h2-9,12,15-16H,10-11,13-14H2,1H3,(H,23,27). The highest BCUT2D eigenvalue weighted by Crippen LogP contribution is 2.24. The molecule has 1 aromatic heterocycles. The lowest BCUT2D eigenvalue weighted by molar-refractivity contribution is 0.102. The Kier molecular flexibility index (Phi) is 5.65. The van der Waals surface area contributed by atoms with Crippen LogP contribution in [-0.4, -0.2) is 46.7 Å². The van der Waals surface area contributed by atoms with Crippen LogP contribution in [0, 0.1) is 5.92 Å². The Balaban J connectivity index is 1.51. The van der Waals surface area contributed by atoms with E-state index in [-0.39, 0.29) is 10.8 Å². The predicted molar refractivity (Wildman–Crippen MR) is 113 cm³/mol. The zero-order valence-corrected chi connectivity index (χ0v) is 17.4. The maximum Gasteiger partial charge on any atom is 0.255 e. The molecule has 8 nitrogen and oxygen atoms in total. The monoisotopic (exact) mass is 425 g/mol. The number of nitrogens with zero attached hydrogens (tertiary/aromatic N) is 4. The molecule has 9 heteroatoms. The van der Waals surface area contributed by atoms with Gasteiger partial charge in [0.25, 0.3) is 5.91 Å². The van der Waals surface area contributed by atoms with Gasteiger partial charge in [0.05, 0.1) is 28.7 Å². The number of piperidine rings is 1. The molecule has 156 valence electrons. The second kappa shape index (κ2) is 8.37. The van der Waals surface area contributed by atoms with E-state index in [0.29, 0.717) is 35.9 Å². The van der Waals surface area contributed by atoms with Gasteiger partial charge in [-0.25, -0.2) is 13.1 Å². The van der Waals surface area contributed by atoms with Crippen molar-refractivity contribution in [2.45, 2.75) is 24.7 Å². The van der Waals surface area contributed by atoms with Crippen molar-refractivity contribution in [2.24, 2.45) is 5.92 Å². The topological polar surface area (TPSA) is 97.2 Å². The van der Waals surface area contributed by atoms with Gasteiger partial charge in [-0.1, -0.05) is 24.3 Å². The summed E-state index contributed by atoms with van der Waals surface area (Å²) < 4.78 is 28.8. The minimum absolute atomic E-state index is 0.205. The van der Waals surface area contributed by atoms with Crippen molar-refractivity contribution in [1.29, 1.82) is 0 Å². The Hall–Kier alpha value is -3.04. The Morgan fingerprint density at radius 1 is 1.07 bits per heavy atom. The number of nitrogens with one attached hydrogen (secondary N) is 1. The molecule has 1 amide bonds. The molecule has 1 aliphatic rings. The van der Waals surface area contributed by atoms with E-state index in [1.54, 1.807) is 23.1 Å². The molecule has 0 atom stereocenters. The van der Waals surface area contributed by atoms with Crippen molar-refractivity contribution in [2.75, 3.05) is 18.4 Å².